The highest BCUT2D eigenvalue weighted by atomic mass is 32.2. The van der Waals surface area contributed by atoms with Crippen LogP contribution in [0.3, 0.4) is 0 Å². The minimum atomic E-state index is -3.26. The molecule has 2 heterocycles. The van der Waals surface area contributed by atoms with E-state index in [4.69, 9.17) is 4.52 Å². The van der Waals surface area contributed by atoms with Crippen molar-refractivity contribution in [1.82, 2.24) is 15.2 Å². The van der Waals surface area contributed by atoms with Crippen LogP contribution in [0.25, 0.3) is 0 Å². The highest BCUT2D eigenvalue weighted by molar-refractivity contribution is 7.90. The van der Waals surface area contributed by atoms with Crippen LogP contribution in [0.2, 0.25) is 0 Å². The van der Waals surface area contributed by atoms with Crippen molar-refractivity contribution >= 4 is 10.0 Å². The van der Waals surface area contributed by atoms with Gasteiger partial charge in [0, 0.05) is 12.6 Å². The summed E-state index contributed by atoms with van der Waals surface area (Å²) in [5, 5.41) is 6.25. The van der Waals surface area contributed by atoms with Gasteiger partial charge >= 0.3 is 0 Å². The number of piperidine rings is 1. The number of nitrogens with zero attached hydrogens (tertiary/aromatic N) is 1. The standard InChI is InChI=1S/C9H15N3O3S/c13-16(14,9-2-1-4-10-7-9)12-6-8-3-5-11-15-8/h3,5,9-10,12H,1-2,4,6-7H2. The molecule has 1 aliphatic rings. The molecule has 1 fully saturated rings. The predicted octanol–water partition coefficient (Wildman–Crippen LogP) is -0.154. The largest absolute Gasteiger partial charge is 0.360 e. The Kier molecular flexibility index (Phi) is 3.57. The van der Waals surface area contributed by atoms with Crippen LogP contribution in [0.4, 0.5) is 0 Å². The van der Waals surface area contributed by atoms with Crippen LogP contribution in [0.5, 0.6) is 0 Å². The van der Waals surface area contributed by atoms with Crippen LogP contribution in [0.1, 0.15) is 18.6 Å². The number of nitrogens with one attached hydrogen (secondary N) is 2. The van der Waals surface area contributed by atoms with E-state index in [9.17, 15) is 8.42 Å². The van der Waals surface area contributed by atoms with Crippen LogP contribution in [-0.4, -0.2) is 31.9 Å². The summed E-state index contributed by atoms with van der Waals surface area (Å²) in [6.07, 6.45) is 3.10. The molecule has 1 aromatic heterocycles. The first-order valence-corrected chi connectivity index (χ1v) is 6.82. The van der Waals surface area contributed by atoms with Gasteiger partial charge in [0.2, 0.25) is 10.0 Å². The molecule has 0 spiro atoms. The number of aromatic nitrogens is 1. The van der Waals surface area contributed by atoms with E-state index in [2.05, 4.69) is 15.2 Å². The quantitative estimate of drug-likeness (QED) is 0.770. The zero-order chi connectivity index (χ0) is 11.4. The molecule has 1 atom stereocenters. The van der Waals surface area contributed by atoms with Gasteiger partial charge in [0.05, 0.1) is 18.0 Å². The van der Waals surface area contributed by atoms with Crippen molar-refractivity contribution in [2.45, 2.75) is 24.6 Å². The lowest BCUT2D eigenvalue weighted by molar-refractivity contribution is 0.379. The topological polar surface area (TPSA) is 84.2 Å². The first-order chi connectivity index (χ1) is 7.68. The van der Waals surface area contributed by atoms with Crippen molar-refractivity contribution in [2.75, 3.05) is 13.1 Å². The summed E-state index contributed by atoms with van der Waals surface area (Å²) in [4.78, 5) is 0. The van der Waals surface area contributed by atoms with Gasteiger partial charge in [0.15, 0.2) is 5.76 Å². The lowest BCUT2D eigenvalue weighted by Crippen LogP contribution is -2.43. The molecule has 6 nitrogen and oxygen atoms in total. The molecule has 1 aliphatic heterocycles. The average Bonchev–Trinajstić information content (AvgIpc) is 2.81. The van der Waals surface area contributed by atoms with E-state index in [0.717, 1.165) is 13.0 Å². The van der Waals surface area contributed by atoms with E-state index < -0.39 is 10.0 Å². The summed E-state index contributed by atoms with van der Waals surface area (Å²) < 4.78 is 31.1. The third-order valence-corrected chi connectivity index (χ3v) is 4.46. The maximum atomic E-state index is 11.9. The molecule has 0 aliphatic carbocycles. The Morgan fingerprint density at radius 2 is 2.50 bits per heavy atom. The molecule has 0 aromatic carbocycles. The zero-order valence-electron chi connectivity index (χ0n) is 8.85. The normalized spacial score (nSPS) is 22.1. The summed E-state index contributed by atoms with van der Waals surface area (Å²) >= 11 is 0. The second-order valence-corrected chi connectivity index (χ2v) is 5.86. The maximum absolute atomic E-state index is 11.9. The molecule has 0 radical (unpaired) electrons. The molecule has 16 heavy (non-hydrogen) atoms. The number of hydrogen-bond donors (Lipinski definition) is 2. The van der Waals surface area contributed by atoms with E-state index in [0.29, 0.717) is 18.7 Å². The van der Waals surface area contributed by atoms with E-state index in [-0.39, 0.29) is 11.8 Å². The molecule has 2 N–H and O–H groups in total. The molecule has 0 amide bonds. The van der Waals surface area contributed by atoms with Crippen molar-refractivity contribution in [2.24, 2.45) is 0 Å². The van der Waals surface area contributed by atoms with Gasteiger partial charge in [-0.3, -0.25) is 0 Å². The second-order valence-electron chi connectivity index (χ2n) is 3.81. The van der Waals surface area contributed by atoms with Gasteiger partial charge < -0.3 is 9.84 Å². The van der Waals surface area contributed by atoms with Crippen LogP contribution in [-0.2, 0) is 16.6 Å². The van der Waals surface area contributed by atoms with Crippen LogP contribution >= 0.6 is 0 Å². The van der Waals surface area contributed by atoms with Gasteiger partial charge in [-0.2, -0.15) is 0 Å². The monoisotopic (exact) mass is 245 g/mol. The summed E-state index contributed by atoms with van der Waals surface area (Å²) in [7, 11) is -3.26. The number of sulfonamides is 1. The van der Waals surface area contributed by atoms with Crippen LogP contribution in [0, 0.1) is 0 Å². The van der Waals surface area contributed by atoms with Gasteiger partial charge in [0.25, 0.3) is 0 Å². The Hall–Kier alpha value is -0.920. The van der Waals surface area contributed by atoms with Gasteiger partial charge in [-0.1, -0.05) is 5.16 Å². The van der Waals surface area contributed by atoms with Crippen molar-refractivity contribution < 1.29 is 12.9 Å². The fraction of sp³-hybridized carbons (Fsp3) is 0.667. The van der Waals surface area contributed by atoms with Crippen molar-refractivity contribution in [3.05, 3.63) is 18.0 Å². The predicted molar refractivity (Wildman–Crippen MR) is 58.2 cm³/mol. The molecule has 0 saturated carbocycles. The lowest BCUT2D eigenvalue weighted by atomic mass is 10.2. The minimum Gasteiger partial charge on any atom is -0.360 e. The Bertz CT molecular complexity index is 409. The molecular weight excluding hydrogens is 230 g/mol. The van der Waals surface area contributed by atoms with Crippen molar-refractivity contribution in [3.8, 4) is 0 Å². The molecule has 7 heteroatoms. The Morgan fingerprint density at radius 3 is 3.12 bits per heavy atom. The van der Waals surface area contributed by atoms with Crippen LogP contribution < -0.4 is 10.0 Å². The third-order valence-electron chi connectivity index (χ3n) is 2.63. The van der Waals surface area contributed by atoms with Crippen molar-refractivity contribution in [1.29, 1.82) is 0 Å². The summed E-state index contributed by atoms with van der Waals surface area (Å²) in [5.41, 5.74) is 0. The van der Waals surface area contributed by atoms with E-state index in [1.54, 1.807) is 6.07 Å². The summed E-state index contributed by atoms with van der Waals surface area (Å²) in [6.45, 7) is 1.58. The third kappa shape index (κ3) is 2.81. The van der Waals surface area contributed by atoms with Crippen molar-refractivity contribution in [3.63, 3.8) is 0 Å². The highest BCUT2D eigenvalue weighted by Gasteiger charge is 2.26. The lowest BCUT2D eigenvalue weighted by Gasteiger charge is -2.22. The summed E-state index contributed by atoms with van der Waals surface area (Å²) in [5.74, 6) is 0.521. The second kappa shape index (κ2) is 4.94. The first-order valence-electron chi connectivity index (χ1n) is 5.27. The van der Waals surface area contributed by atoms with Gasteiger partial charge in [0.1, 0.15) is 0 Å². The van der Waals surface area contributed by atoms with Gasteiger partial charge in [-0.25, -0.2) is 13.1 Å². The zero-order valence-corrected chi connectivity index (χ0v) is 9.66. The Labute approximate surface area is 94.4 Å². The van der Waals surface area contributed by atoms with E-state index >= 15 is 0 Å². The molecule has 1 aromatic rings. The SMILES string of the molecule is O=S(=O)(NCc1ccno1)C1CCCNC1. The smallest absolute Gasteiger partial charge is 0.216 e. The molecule has 0 bridgehead atoms. The first kappa shape index (κ1) is 11.6. The molecular formula is C9H15N3O3S. The van der Waals surface area contributed by atoms with E-state index in [1.165, 1.54) is 6.20 Å². The average molecular weight is 245 g/mol. The van der Waals surface area contributed by atoms with Crippen LogP contribution in [0.15, 0.2) is 16.8 Å². The minimum absolute atomic E-state index is 0.166. The summed E-state index contributed by atoms with van der Waals surface area (Å²) in [6, 6.07) is 1.64. The number of hydrogen-bond acceptors (Lipinski definition) is 5. The Morgan fingerprint density at radius 1 is 1.62 bits per heavy atom. The Balaban J connectivity index is 1.91. The fourth-order valence-corrected chi connectivity index (χ4v) is 3.10. The van der Waals surface area contributed by atoms with E-state index in [1.807, 2.05) is 0 Å². The molecule has 1 unspecified atom stereocenters. The van der Waals surface area contributed by atoms with Gasteiger partial charge in [-0.15, -0.1) is 0 Å². The number of rotatable bonds is 4. The molecule has 1 saturated heterocycles. The highest BCUT2D eigenvalue weighted by Crippen LogP contribution is 2.11. The maximum Gasteiger partial charge on any atom is 0.216 e. The fourth-order valence-electron chi connectivity index (χ4n) is 1.71. The van der Waals surface area contributed by atoms with Gasteiger partial charge in [-0.05, 0) is 19.4 Å². The molecule has 2 rings (SSSR count). The molecule has 90 valence electrons.